The molecule has 2 saturated carbocycles. The average Bonchev–Trinajstić information content (AvgIpc) is 2.94. The van der Waals surface area contributed by atoms with Gasteiger partial charge in [-0.15, -0.1) is 0 Å². The van der Waals surface area contributed by atoms with Crippen molar-refractivity contribution >= 4 is 0 Å². The van der Waals surface area contributed by atoms with Crippen LogP contribution < -0.4 is 0 Å². The molecule has 86 valence electrons. The first kappa shape index (κ1) is 10.1. The summed E-state index contributed by atoms with van der Waals surface area (Å²) in [6.07, 6.45) is 8.44. The lowest BCUT2D eigenvalue weighted by Crippen LogP contribution is -2.48. The van der Waals surface area contributed by atoms with E-state index >= 15 is 0 Å². The highest BCUT2D eigenvalue weighted by Gasteiger charge is 2.50. The fraction of sp³-hybridized carbons (Fsp3) is 1.00. The van der Waals surface area contributed by atoms with Crippen LogP contribution in [0.2, 0.25) is 0 Å². The van der Waals surface area contributed by atoms with E-state index in [2.05, 4.69) is 13.8 Å². The van der Waals surface area contributed by atoms with E-state index in [4.69, 9.17) is 4.74 Å². The quantitative estimate of drug-likeness (QED) is 0.590. The highest BCUT2D eigenvalue weighted by atomic mass is 16.5. The van der Waals surface area contributed by atoms with E-state index in [0.717, 1.165) is 30.3 Å². The third-order valence-corrected chi connectivity index (χ3v) is 5.48. The minimum absolute atomic E-state index is 0.270. The summed E-state index contributed by atoms with van der Waals surface area (Å²) < 4.78 is 6.41. The average molecular weight is 208 g/mol. The zero-order chi connectivity index (χ0) is 10.5. The molecule has 3 aliphatic rings. The molecule has 3 rings (SSSR count). The molecule has 1 heteroatoms. The number of ether oxygens (including phenoxy) is 1. The van der Waals surface area contributed by atoms with Crippen LogP contribution in [0.15, 0.2) is 0 Å². The van der Waals surface area contributed by atoms with Crippen LogP contribution in [0.3, 0.4) is 0 Å². The highest BCUT2D eigenvalue weighted by Crippen LogP contribution is 2.53. The van der Waals surface area contributed by atoms with Crippen LogP contribution in [0, 0.1) is 23.7 Å². The van der Waals surface area contributed by atoms with Crippen molar-refractivity contribution in [3.63, 3.8) is 0 Å². The van der Waals surface area contributed by atoms with Gasteiger partial charge in [0.15, 0.2) is 0 Å². The number of rotatable bonds is 0. The molecule has 1 aliphatic heterocycles. The van der Waals surface area contributed by atoms with E-state index in [1.54, 1.807) is 0 Å². The zero-order valence-electron chi connectivity index (χ0n) is 10.2. The molecule has 0 aromatic carbocycles. The van der Waals surface area contributed by atoms with Gasteiger partial charge in [-0.3, -0.25) is 0 Å². The highest BCUT2D eigenvalue weighted by molar-refractivity contribution is 5.00. The van der Waals surface area contributed by atoms with Gasteiger partial charge in [0, 0.05) is 0 Å². The van der Waals surface area contributed by atoms with Gasteiger partial charge >= 0.3 is 0 Å². The molecule has 0 N–H and O–H groups in total. The fourth-order valence-corrected chi connectivity index (χ4v) is 4.10. The van der Waals surface area contributed by atoms with E-state index in [1.807, 2.05) is 0 Å². The molecule has 0 aromatic rings. The van der Waals surface area contributed by atoms with Crippen LogP contribution in [-0.2, 0) is 4.74 Å². The molecular weight excluding hydrogens is 184 g/mol. The second-order valence-electron chi connectivity index (χ2n) is 6.29. The molecule has 0 bridgehead atoms. The van der Waals surface area contributed by atoms with E-state index in [-0.39, 0.29) is 5.60 Å². The van der Waals surface area contributed by atoms with E-state index < -0.39 is 0 Å². The predicted molar refractivity (Wildman–Crippen MR) is 61.7 cm³/mol. The van der Waals surface area contributed by atoms with E-state index in [1.165, 1.54) is 38.5 Å². The van der Waals surface area contributed by atoms with Crippen LogP contribution in [0.4, 0.5) is 0 Å². The van der Waals surface area contributed by atoms with Gasteiger partial charge < -0.3 is 4.74 Å². The summed E-state index contributed by atoms with van der Waals surface area (Å²) in [5.41, 5.74) is 0.270. The summed E-state index contributed by atoms with van der Waals surface area (Å²) in [4.78, 5) is 0. The molecule has 0 aromatic heterocycles. The van der Waals surface area contributed by atoms with Crippen molar-refractivity contribution in [2.24, 2.45) is 23.7 Å². The molecule has 3 fully saturated rings. The van der Waals surface area contributed by atoms with Gasteiger partial charge in [0.1, 0.15) is 0 Å². The molecule has 5 atom stereocenters. The minimum atomic E-state index is 0.270. The molecule has 2 aliphatic carbocycles. The third kappa shape index (κ3) is 1.54. The Kier molecular flexibility index (Phi) is 2.35. The number of hydrogen-bond donors (Lipinski definition) is 0. The lowest BCUT2D eigenvalue weighted by Gasteiger charge is -2.47. The molecule has 1 nitrogen and oxygen atoms in total. The maximum Gasteiger partial charge on any atom is 0.0733 e. The molecule has 15 heavy (non-hydrogen) atoms. The van der Waals surface area contributed by atoms with Crippen molar-refractivity contribution < 1.29 is 4.74 Å². The predicted octanol–water partition coefficient (Wildman–Crippen LogP) is 3.63. The van der Waals surface area contributed by atoms with Crippen LogP contribution in [0.25, 0.3) is 0 Å². The number of fused-ring (bicyclic) bond motifs is 1. The Hall–Kier alpha value is -0.0400. The lowest BCUT2D eigenvalue weighted by molar-refractivity contribution is -0.139. The topological polar surface area (TPSA) is 9.23 Å². The summed E-state index contributed by atoms with van der Waals surface area (Å²) in [5.74, 6) is 3.55. The van der Waals surface area contributed by atoms with Crippen molar-refractivity contribution in [1.82, 2.24) is 0 Å². The Morgan fingerprint density at radius 3 is 2.47 bits per heavy atom. The zero-order valence-corrected chi connectivity index (χ0v) is 10.2. The summed E-state index contributed by atoms with van der Waals surface area (Å²) in [7, 11) is 0. The van der Waals surface area contributed by atoms with E-state index in [0.29, 0.717) is 0 Å². The number of hydrogen-bond acceptors (Lipinski definition) is 1. The van der Waals surface area contributed by atoms with Crippen molar-refractivity contribution in [2.45, 2.75) is 58.0 Å². The molecule has 1 saturated heterocycles. The van der Waals surface area contributed by atoms with Crippen molar-refractivity contribution in [3.05, 3.63) is 0 Å². The molecule has 1 heterocycles. The van der Waals surface area contributed by atoms with Gasteiger partial charge in [0.2, 0.25) is 0 Å². The van der Waals surface area contributed by atoms with Gasteiger partial charge in [0.05, 0.1) is 12.2 Å². The maximum atomic E-state index is 6.41. The van der Waals surface area contributed by atoms with Gasteiger partial charge in [-0.2, -0.15) is 0 Å². The smallest absolute Gasteiger partial charge is 0.0733 e. The Balaban J connectivity index is 1.79. The summed E-state index contributed by atoms with van der Waals surface area (Å²) >= 11 is 0. The van der Waals surface area contributed by atoms with Crippen LogP contribution in [0.5, 0.6) is 0 Å². The standard InChI is InChI=1S/C14H24O/c1-10-4-3-5-11(2)14(10)7-6-12-8-13(12)9-15-14/h10-13H,3-9H2,1-2H3/t10-,11+,12-,13-,14?/m0/s1. The lowest BCUT2D eigenvalue weighted by atomic mass is 9.67. The Labute approximate surface area is 93.6 Å². The minimum Gasteiger partial charge on any atom is -0.374 e. The van der Waals surface area contributed by atoms with Crippen molar-refractivity contribution in [3.8, 4) is 0 Å². The Bertz CT molecular complexity index is 224. The SMILES string of the molecule is C[C@@H]1CCC[C@H](C)C12CC[C@H]1C[C@H]1CO2. The van der Waals surface area contributed by atoms with Gasteiger partial charge in [-0.25, -0.2) is 0 Å². The summed E-state index contributed by atoms with van der Waals surface area (Å²) in [5, 5.41) is 0. The van der Waals surface area contributed by atoms with E-state index in [9.17, 15) is 0 Å². The van der Waals surface area contributed by atoms with Gasteiger partial charge in [-0.1, -0.05) is 20.3 Å². The second-order valence-corrected chi connectivity index (χ2v) is 6.29. The Morgan fingerprint density at radius 2 is 1.73 bits per heavy atom. The first-order valence-electron chi connectivity index (χ1n) is 6.86. The molecule has 0 amide bonds. The maximum absolute atomic E-state index is 6.41. The van der Waals surface area contributed by atoms with Crippen molar-refractivity contribution in [2.75, 3.05) is 6.61 Å². The van der Waals surface area contributed by atoms with Crippen molar-refractivity contribution in [1.29, 1.82) is 0 Å². The monoisotopic (exact) mass is 208 g/mol. The normalized spacial score (nSPS) is 54.8. The fourth-order valence-electron chi connectivity index (χ4n) is 4.10. The largest absolute Gasteiger partial charge is 0.374 e. The molecular formula is C14H24O. The first-order valence-corrected chi connectivity index (χ1v) is 6.86. The summed E-state index contributed by atoms with van der Waals surface area (Å²) in [6.45, 7) is 5.92. The Morgan fingerprint density at radius 1 is 1.00 bits per heavy atom. The molecule has 1 unspecified atom stereocenters. The van der Waals surface area contributed by atoms with Gasteiger partial charge in [0.25, 0.3) is 0 Å². The summed E-state index contributed by atoms with van der Waals surface area (Å²) in [6, 6.07) is 0. The van der Waals surface area contributed by atoms with Crippen LogP contribution in [0.1, 0.15) is 52.4 Å². The molecule has 0 radical (unpaired) electrons. The third-order valence-electron chi connectivity index (χ3n) is 5.48. The second kappa shape index (κ2) is 3.48. The molecule has 1 spiro atoms. The van der Waals surface area contributed by atoms with Crippen LogP contribution >= 0.6 is 0 Å². The first-order chi connectivity index (χ1) is 7.22. The van der Waals surface area contributed by atoms with Crippen LogP contribution in [-0.4, -0.2) is 12.2 Å². The van der Waals surface area contributed by atoms with Gasteiger partial charge in [-0.05, 0) is 55.8 Å².